The number of anilines is 2. The molecule has 31 heavy (non-hydrogen) atoms. The predicted octanol–water partition coefficient (Wildman–Crippen LogP) is 2.60. The summed E-state index contributed by atoms with van der Waals surface area (Å²) in [6.07, 6.45) is 4.35. The zero-order chi connectivity index (χ0) is 21.0. The molecular formula is C22H25N5O3S. The number of para-hydroxylation sites is 2. The Morgan fingerprint density at radius 1 is 1.19 bits per heavy atom. The van der Waals surface area contributed by atoms with E-state index in [1.807, 2.05) is 24.3 Å². The first kappa shape index (κ1) is 19.2. The first-order valence-corrected chi connectivity index (χ1v) is 12.2. The van der Waals surface area contributed by atoms with Gasteiger partial charge in [-0.25, -0.2) is 9.97 Å². The van der Waals surface area contributed by atoms with Gasteiger partial charge in [-0.2, -0.15) is 4.98 Å². The van der Waals surface area contributed by atoms with Crippen molar-refractivity contribution >= 4 is 33.7 Å². The molecule has 3 aromatic rings. The van der Waals surface area contributed by atoms with Crippen LogP contribution in [0.5, 0.6) is 0 Å². The topological polar surface area (TPSA) is 104 Å². The fraction of sp³-hybridized carbons (Fsp3) is 0.500. The summed E-state index contributed by atoms with van der Waals surface area (Å²) in [5.74, 6) is 3.02. The second-order valence-corrected chi connectivity index (χ2v) is 10.3. The van der Waals surface area contributed by atoms with E-state index in [-0.39, 0.29) is 18.1 Å². The van der Waals surface area contributed by atoms with Gasteiger partial charge in [0.2, 0.25) is 5.95 Å². The fourth-order valence-electron chi connectivity index (χ4n) is 4.53. The first-order valence-electron chi connectivity index (χ1n) is 10.9. The number of aliphatic hydroxyl groups is 1. The van der Waals surface area contributed by atoms with E-state index in [0.29, 0.717) is 23.9 Å². The third kappa shape index (κ3) is 3.40. The molecule has 3 aliphatic rings. The van der Waals surface area contributed by atoms with Gasteiger partial charge in [-0.05, 0) is 37.8 Å². The fourth-order valence-corrected chi connectivity index (χ4v) is 5.83. The van der Waals surface area contributed by atoms with Crippen molar-refractivity contribution in [2.75, 3.05) is 35.7 Å². The van der Waals surface area contributed by atoms with Crippen LogP contribution in [0.25, 0.3) is 11.1 Å². The summed E-state index contributed by atoms with van der Waals surface area (Å²) < 4.78 is 18.5. The van der Waals surface area contributed by atoms with Gasteiger partial charge in [-0.1, -0.05) is 12.1 Å². The van der Waals surface area contributed by atoms with Gasteiger partial charge < -0.3 is 19.7 Å². The number of aliphatic hydroxyl groups excluding tert-OH is 1. The van der Waals surface area contributed by atoms with Crippen molar-refractivity contribution < 1.29 is 13.7 Å². The van der Waals surface area contributed by atoms with Crippen molar-refractivity contribution in [3.63, 3.8) is 0 Å². The van der Waals surface area contributed by atoms with Crippen molar-refractivity contribution in [3.05, 3.63) is 35.9 Å². The largest absolute Gasteiger partial charge is 0.440 e. The number of rotatable bonds is 5. The lowest BCUT2D eigenvalue weighted by Gasteiger charge is -2.31. The van der Waals surface area contributed by atoms with Crippen LogP contribution in [-0.4, -0.2) is 55.3 Å². The zero-order valence-electron chi connectivity index (χ0n) is 17.2. The Morgan fingerprint density at radius 3 is 2.74 bits per heavy atom. The van der Waals surface area contributed by atoms with Gasteiger partial charge in [-0.3, -0.25) is 4.21 Å². The van der Waals surface area contributed by atoms with Gasteiger partial charge in [0, 0.05) is 31.2 Å². The van der Waals surface area contributed by atoms with E-state index < -0.39 is 10.8 Å². The predicted molar refractivity (Wildman–Crippen MR) is 118 cm³/mol. The molecule has 2 aromatic heterocycles. The molecule has 0 spiro atoms. The molecule has 6 rings (SSSR count). The zero-order valence-corrected chi connectivity index (χ0v) is 18.0. The van der Waals surface area contributed by atoms with E-state index in [0.717, 1.165) is 66.4 Å². The number of piperidine rings is 1. The quantitative estimate of drug-likeness (QED) is 0.625. The van der Waals surface area contributed by atoms with Crippen LogP contribution >= 0.6 is 0 Å². The number of fused-ring (bicyclic) bond motifs is 2. The highest BCUT2D eigenvalue weighted by Crippen LogP contribution is 2.41. The van der Waals surface area contributed by atoms with Crippen LogP contribution in [0.15, 0.2) is 33.6 Å². The van der Waals surface area contributed by atoms with Crippen molar-refractivity contribution in [3.8, 4) is 0 Å². The molecular weight excluding hydrogens is 414 g/mol. The van der Waals surface area contributed by atoms with Crippen molar-refractivity contribution in [1.82, 2.24) is 15.0 Å². The number of aryl methyl sites for hydroxylation is 1. The third-order valence-electron chi connectivity index (χ3n) is 6.65. The molecule has 1 atom stereocenters. The lowest BCUT2D eigenvalue weighted by molar-refractivity contribution is 0.265. The summed E-state index contributed by atoms with van der Waals surface area (Å²) >= 11 is 0. The van der Waals surface area contributed by atoms with E-state index in [1.54, 1.807) is 0 Å². The van der Waals surface area contributed by atoms with Crippen LogP contribution < -0.4 is 10.2 Å². The van der Waals surface area contributed by atoms with Crippen molar-refractivity contribution in [2.45, 2.75) is 48.5 Å². The normalized spacial score (nSPS) is 22.6. The van der Waals surface area contributed by atoms with Crippen molar-refractivity contribution in [2.24, 2.45) is 0 Å². The Kier molecular flexibility index (Phi) is 4.50. The molecule has 0 amide bonds. The monoisotopic (exact) mass is 439 g/mol. The summed E-state index contributed by atoms with van der Waals surface area (Å²) in [5, 5.41) is 13.1. The molecule has 2 fully saturated rings. The number of oxazole rings is 1. The molecule has 9 heteroatoms. The Balaban J connectivity index is 1.23. The number of hydrogen-bond acceptors (Lipinski definition) is 8. The Hall–Kier alpha value is -2.52. The standard InChI is InChI=1S/C22H25N5O3S/c28-13-22(8-9-22)26-19-18-16(7-12-31(18)29)24-21(25-19)27-10-5-14(6-11-27)20-23-15-3-1-2-4-17(15)30-20/h1-4,14,28H,5-13H2,(H,24,25,26). The maximum Gasteiger partial charge on any atom is 0.227 e. The molecule has 0 radical (unpaired) electrons. The van der Waals surface area contributed by atoms with Crippen LogP contribution in [0.3, 0.4) is 0 Å². The Labute approximate surface area is 182 Å². The van der Waals surface area contributed by atoms with Gasteiger partial charge in [0.05, 0.1) is 28.6 Å². The number of nitrogens with one attached hydrogen (secondary N) is 1. The number of hydrogen-bond donors (Lipinski definition) is 2. The maximum atomic E-state index is 12.5. The van der Waals surface area contributed by atoms with Gasteiger partial charge in [0.25, 0.3) is 0 Å². The van der Waals surface area contributed by atoms with Crippen LogP contribution in [0.2, 0.25) is 0 Å². The minimum atomic E-state index is -1.08. The molecule has 1 aliphatic carbocycles. The highest BCUT2D eigenvalue weighted by Gasteiger charge is 2.44. The Bertz CT molecular complexity index is 1130. The second kappa shape index (κ2) is 7.27. The highest BCUT2D eigenvalue weighted by molar-refractivity contribution is 7.85. The van der Waals surface area contributed by atoms with Crippen LogP contribution in [-0.2, 0) is 17.2 Å². The highest BCUT2D eigenvalue weighted by atomic mass is 32.2. The summed E-state index contributed by atoms with van der Waals surface area (Å²) in [5.41, 5.74) is 2.30. The second-order valence-electron chi connectivity index (χ2n) is 8.79. The summed E-state index contributed by atoms with van der Waals surface area (Å²) in [4.78, 5) is 17.2. The van der Waals surface area contributed by atoms with E-state index in [2.05, 4.69) is 15.2 Å². The van der Waals surface area contributed by atoms with Gasteiger partial charge >= 0.3 is 0 Å². The molecule has 2 N–H and O–H groups in total. The van der Waals surface area contributed by atoms with Gasteiger partial charge in [-0.15, -0.1) is 0 Å². The first-order chi connectivity index (χ1) is 15.1. The van der Waals surface area contributed by atoms with Gasteiger partial charge in [0.15, 0.2) is 11.5 Å². The van der Waals surface area contributed by atoms with E-state index in [4.69, 9.17) is 14.4 Å². The SMILES string of the molecule is O=S1CCc2nc(N3CCC(c4nc5ccccc5o4)CC3)nc(NC3(CO)CC3)c21. The summed E-state index contributed by atoms with van der Waals surface area (Å²) in [7, 11) is -1.08. The molecule has 1 aromatic carbocycles. The van der Waals surface area contributed by atoms with E-state index in [9.17, 15) is 9.32 Å². The maximum absolute atomic E-state index is 12.5. The van der Waals surface area contributed by atoms with Crippen molar-refractivity contribution in [1.29, 1.82) is 0 Å². The summed E-state index contributed by atoms with van der Waals surface area (Å²) in [6, 6.07) is 7.88. The molecule has 4 heterocycles. The lowest BCUT2D eigenvalue weighted by atomic mass is 9.97. The molecule has 8 nitrogen and oxygen atoms in total. The number of nitrogens with zero attached hydrogens (tertiary/aromatic N) is 4. The molecule has 1 saturated carbocycles. The van der Waals surface area contributed by atoms with Crippen LogP contribution in [0.4, 0.5) is 11.8 Å². The molecule has 1 unspecified atom stereocenters. The molecule has 0 bridgehead atoms. The van der Waals surface area contributed by atoms with E-state index >= 15 is 0 Å². The smallest absolute Gasteiger partial charge is 0.227 e. The van der Waals surface area contributed by atoms with Gasteiger partial charge in [0.1, 0.15) is 16.2 Å². The van der Waals surface area contributed by atoms with Crippen LogP contribution in [0.1, 0.15) is 43.2 Å². The molecule has 1 saturated heterocycles. The number of benzene rings is 1. The third-order valence-corrected chi connectivity index (χ3v) is 8.11. The molecule has 2 aliphatic heterocycles. The number of aromatic nitrogens is 3. The lowest BCUT2D eigenvalue weighted by Crippen LogP contribution is -2.35. The average molecular weight is 440 g/mol. The minimum absolute atomic E-state index is 0.0592. The van der Waals surface area contributed by atoms with Crippen LogP contribution in [0, 0.1) is 0 Å². The Morgan fingerprint density at radius 2 is 2.00 bits per heavy atom. The average Bonchev–Trinajstić information content (AvgIpc) is 3.26. The summed E-state index contributed by atoms with van der Waals surface area (Å²) in [6.45, 7) is 1.69. The minimum Gasteiger partial charge on any atom is -0.440 e. The molecule has 162 valence electrons. The van der Waals surface area contributed by atoms with E-state index in [1.165, 1.54) is 0 Å².